The van der Waals surface area contributed by atoms with Crippen LogP contribution in [0.1, 0.15) is 12.8 Å². The lowest BCUT2D eigenvalue weighted by Crippen LogP contribution is -2.33. The SMILES string of the molecule is OC1CC(CNc2ccnc(-c3ccc(Br)cc3)n2)C1. The van der Waals surface area contributed by atoms with Crippen LogP contribution < -0.4 is 5.32 Å². The fourth-order valence-corrected chi connectivity index (χ4v) is 2.58. The zero-order valence-electron chi connectivity index (χ0n) is 11.0. The summed E-state index contributed by atoms with van der Waals surface area (Å²) in [5, 5.41) is 12.6. The van der Waals surface area contributed by atoms with Gasteiger partial charge in [0.1, 0.15) is 5.82 Å². The van der Waals surface area contributed by atoms with Crippen molar-refractivity contribution < 1.29 is 5.11 Å². The van der Waals surface area contributed by atoms with Gasteiger partial charge in [0.15, 0.2) is 5.82 Å². The Hall–Kier alpha value is -1.46. The topological polar surface area (TPSA) is 58.0 Å². The van der Waals surface area contributed by atoms with Gasteiger partial charge in [-0.15, -0.1) is 0 Å². The predicted octanol–water partition coefficient (Wildman–Crippen LogP) is 3.09. The average Bonchev–Trinajstić information content (AvgIpc) is 2.43. The highest BCUT2D eigenvalue weighted by atomic mass is 79.9. The standard InChI is InChI=1S/C15H16BrN3O/c16-12-3-1-11(2-4-12)15-17-6-5-14(19-15)18-9-10-7-13(20)8-10/h1-6,10,13,20H,7-9H2,(H,17,18,19). The van der Waals surface area contributed by atoms with Crippen molar-refractivity contribution in [3.63, 3.8) is 0 Å². The van der Waals surface area contributed by atoms with E-state index in [-0.39, 0.29) is 6.10 Å². The number of aliphatic hydroxyl groups is 1. The molecule has 0 unspecified atom stereocenters. The summed E-state index contributed by atoms with van der Waals surface area (Å²) in [4.78, 5) is 8.83. The molecule has 1 aromatic carbocycles. The van der Waals surface area contributed by atoms with Gasteiger partial charge in [-0.2, -0.15) is 0 Å². The van der Waals surface area contributed by atoms with Crippen molar-refractivity contribution in [1.82, 2.24) is 9.97 Å². The number of anilines is 1. The molecule has 0 saturated heterocycles. The van der Waals surface area contributed by atoms with Gasteiger partial charge in [-0.1, -0.05) is 28.1 Å². The van der Waals surface area contributed by atoms with E-state index in [0.29, 0.717) is 5.92 Å². The van der Waals surface area contributed by atoms with Gasteiger partial charge >= 0.3 is 0 Å². The summed E-state index contributed by atoms with van der Waals surface area (Å²) in [7, 11) is 0. The zero-order valence-corrected chi connectivity index (χ0v) is 12.5. The minimum Gasteiger partial charge on any atom is -0.393 e. The minimum absolute atomic E-state index is 0.106. The van der Waals surface area contributed by atoms with Crippen molar-refractivity contribution in [2.75, 3.05) is 11.9 Å². The lowest BCUT2D eigenvalue weighted by atomic mass is 9.82. The first-order chi connectivity index (χ1) is 9.70. The van der Waals surface area contributed by atoms with E-state index < -0.39 is 0 Å². The van der Waals surface area contributed by atoms with E-state index in [1.54, 1.807) is 6.20 Å². The van der Waals surface area contributed by atoms with E-state index >= 15 is 0 Å². The first-order valence-electron chi connectivity index (χ1n) is 6.71. The number of benzene rings is 1. The van der Waals surface area contributed by atoms with Gasteiger partial charge in [-0.05, 0) is 37.0 Å². The van der Waals surface area contributed by atoms with E-state index in [0.717, 1.165) is 41.1 Å². The van der Waals surface area contributed by atoms with E-state index in [4.69, 9.17) is 0 Å². The maximum atomic E-state index is 9.27. The van der Waals surface area contributed by atoms with Crippen molar-refractivity contribution >= 4 is 21.7 Å². The summed E-state index contributed by atoms with van der Waals surface area (Å²) in [6.07, 6.45) is 3.43. The molecule has 0 radical (unpaired) electrons. The molecule has 0 amide bonds. The summed E-state index contributed by atoms with van der Waals surface area (Å²) in [5.74, 6) is 2.10. The summed E-state index contributed by atoms with van der Waals surface area (Å²) in [6, 6.07) is 9.82. The molecule has 1 saturated carbocycles. The van der Waals surface area contributed by atoms with Gasteiger partial charge in [0, 0.05) is 22.8 Å². The third-order valence-corrected chi connectivity index (χ3v) is 4.07. The molecule has 0 spiro atoms. The van der Waals surface area contributed by atoms with Crippen molar-refractivity contribution in [3.8, 4) is 11.4 Å². The van der Waals surface area contributed by atoms with E-state index in [9.17, 15) is 5.11 Å². The largest absolute Gasteiger partial charge is 0.393 e. The maximum absolute atomic E-state index is 9.27. The summed E-state index contributed by atoms with van der Waals surface area (Å²) in [5.41, 5.74) is 0.996. The van der Waals surface area contributed by atoms with Crippen LogP contribution in [0.3, 0.4) is 0 Å². The van der Waals surface area contributed by atoms with Crippen LogP contribution in [0.15, 0.2) is 41.0 Å². The fraction of sp³-hybridized carbons (Fsp3) is 0.333. The predicted molar refractivity (Wildman–Crippen MR) is 82.4 cm³/mol. The van der Waals surface area contributed by atoms with Crippen LogP contribution in [0.5, 0.6) is 0 Å². The minimum atomic E-state index is -0.106. The normalized spacial score (nSPS) is 21.3. The molecule has 1 aliphatic rings. The molecule has 1 fully saturated rings. The Bertz CT molecular complexity index is 582. The monoisotopic (exact) mass is 333 g/mol. The number of nitrogens with zero attached hydrogens (tertiary/aromatic N) is 2. The van der Waals surface area contributed by atoms with Gasteiger partial charge in [-0.25, -0.2) is 9.97 Å². The first-order valence-corrected chi connectivity index (χ1v) is 7.51. The van der Waals surface area contributed by atoms with Crippen LogP contribution >= 0.6 is 15.9 Å². The molecule has 1 aromatic heterocycles. The molecular weight excluding hydrogens is 318 g/mol. The van der Waals surface area contributed by atoms with Crippen LogP contribution in [-0.2, 0) is 0 Å². The summed E-state index contributed by atoms with van der Waals surface area (Å²) in [6.45, 7) is 0.855. The lowest BCUT2D eigenvalue weighted by Gasteiger charge is -2.31. The Labute approximate surface area is 126 Å². The molecule has 0 aliphatic heterocycles. The molecule has 104 valence electrons. The van der Waals surface area contributed by atoms with Crippen molar-refractivity contribution in [2.24, 2.45) is 5.92 Å². The smallest absolute Gasteiger partial charge is 0.161 e. The number of aliphatic hydroxyl groups excluding tert-OH is 1. The second kappa shape index (κ2) is 5.89. The van der Waals surface area contributed by atoms with Gasteiger partial charge in [0.25, 0.3) is 0 Å². The molecule has 2 N–H and O–H groups in total. The van der Waals surface area contributed by atoms with Crippen molar-refractivity contribution in [1.29, 1.82) is 0 Å². The Morgan fingerprint density at radius 2 is 1.95 bits per heavy atom. The number of hydrogen-bond donors (Lipinski definition) is 2. The maximum Gasteiger partial charge on any atom is 0.161 e. The van der Waals surface area contributed by atoms with Gasteiger partial charge in [0.2, 0.25) is 0 Å². The number of hydrogen-bond acceptors (Lipinski definition) is 4. The molecule has 3 rings (SSSR count). The van der Waals surface area contributed by atoms with Crippen molar-refractivity contribution in [2.45, 2.75) is 18.9 Å². The molecule has 4 nitrogen and oxygen atoms in total. The number of aromatic nitrogens is 2. The number of halogens is 1. The van der Waals surface area contributed by atoms with Crippen LogP contribution in [0.25, 0.3) is 11.4 Å². The third kappa shape index (κ3) is 3.16. The molecule has 1 aliphatic carbocycles. The summed E-state index contributed by atoms with van der Waals surface area (Å²) >= 11 is 3.42. The second-order valence-corrected chi connectivity index (χ2v) is 6.06. The molecule has 0 bridgehead atoms. The van der Waals surface area contributed by atoms with E-state index in [1.807, 2.05) is 30.3 Å². The molecular formula is C15H16BrN3O. The van der Waals surface area contributed by atoms with Crippen LogP contribution in [0.4, 0.5) is 5.82 Å². The van der Waals surface area contributed by atoms with Crippen molar-refractivity contribution in [3.05, 3.63) is 41.0 Å². The molecule has 2 aromatic rings. The third-order valence-electron chi connectivity index (χ3n) is 3.54. The average molecular weight is 334 g/mol. The highest BCUT2D eigenvalue weighted by molar-refractivity contribution is 9.10. The highest BCUT2D eigenvalue weighted by Crippen LogP contribution is 2.27. The van der Waals surface area contributed by atoms with Crippen LogP contribution in [0, 0.1) is 5.92 Å². The van der Waals surface area contributed by atoms with Crippen LogP contribution in [0.2, 0.25) is 0 Å². The van der Waals surface area contributed by atoms with Gasteiger partial charge in [-0.3, -0.25) is 0 Å². The molecule has 5 heteroatoms. The Morgan fingerprint density at radius 1 is 1.20 bits per heavy atom. The Kier molecular flexibility index (Phi) is 3.98. The van der Waals surface area contributed by atoms with Gasteiger partial charge < -0.3 is 10.4 Å². The Morgan fingerprint density at radius 3 is 2.65 bits per heavy atom. The van der Waals surface area contributed by atoms with E-state index in [1.165, 1.54) is 0 Å². The second-order valence-electron chi connectivity index (χ2n) is 5.14. The summed E-state index contributed by atoms with van der Waals surface area (Å²) < 4.78 is 1.04. The molecule has 20 heavy (non-hydrogen) atoms. The number of rotatable bonds is 4. The zero-order chi connectivity index (χ0) is 13.9. The van der Waals surface area contributed by atoms with Gasteiger partial charge in [0.05, 0.1) is 6.10 Å². The quantitative estimate of drug-likeness (QED) is 0.902. The number of nitrogens with one attached hydrogen (secondary N) is 1. The van der Waals surface area contributed by atoms with Crippen LogP contribution in [-0.4, -0.2) is 27.7 Å². The first kappa shape index (κ1) is 13.5. The lowest BCUT2D eigenvalue weighted by molar-refractivity contribution is 0.0486. The molecule has 1 heterocycles. The Balaban J connectivity index is 1.67. The van der Waals surface area contributed by atoms with E-state index in [2.05, 4.69) is 31.2 Å². The fourth-order valence-electron chi connectivity index (χ4n) is 2.31. The highest BCUT2D eigenvalue weighted by Gasteiger charge is 2.26. The molecule has 0 atom stereocenters.